The summed E-state index contributed by atoms with van der Waals surface area (Å²) in [6.45, 7) is 7.81. The van der Waals surface area contributed by atoms with Crippen molar-refractivity contribution in [1.29, 1.82) is 0 Å². The Kier molecular flexibility index (Phi) is 4.14. The number of nitrogens with two attached hydrogens (primary N) is 1. The molecule has 1 heterocycles. The van der Waals surface area contributed by atoms with Crippen molar-refractivity contribution >= 4 is 16.9 Å². The van der Waals surface area contributed by atoms with E-state index in [0.717, 1.165) is 22.3 Å². The molecule has 0 radical (unpaired) electrons. The van der Waals surface area contributed by atoms with Gasteiger partial charge >= 0.3 is 0 Å². The van der Waals surface area contributed by atoms with E-state index in [1.54, 1.807) is 6.92 Å². The molecule has 0 fully saturated rings. The highest BCUT2D eigenvalue weighted by Gasteiger charge is 2.25. The highest BCUT2D eigenvalue weighted by molar-refractivity contribution is 5.84. The van der Waals surface area contributed by atoms with E-state index in [4.69, 9.17) is 10.2 Å². The molecule has 0 aliphatic carbocycles. The molecule has 20 heavy (non-hydrogen) atoms. The van der Waals surface area contributed by atoms with Crippen LogP contribution >= 0.6 is 0 Å². The predicted molar refractivity (Wildman–Crippen MR) is 80.3 cm³/mol. The molecule has 4 heteroatoms. The van der Waals surface area contributed by atoms with E-state index in [-0.39, 0.29) is 17.9 Å². The van der Waals surface area contributed by atoms with E-state index in [1.165, 1.54) is 0 Å². The third kappa shape index (κ3) is 2.70. The molecular formula is C16H22N2O2. The molecule has 2 rings (SSSR count). The van der Waals surface area contributed by atoms with Gasteiger partial charge in [-0.2, -0.15) is 0 Å². The number of carbonyl (C=O) groups is 1. The molecule has 2 aromatic rings. The number of carbonyl (C=O) groups excluding carboxylic acids is 1. The third-order valence-electron chi connectivity index (χ3n) is 3.54. The first-order chi connectivity index (χ1) is 9.41. The van der Waals surface area contributed by atoms with Gasteiger partial charge in [-0.15, -0.1) is 0 Å². The molecular weight excluding hydrogens is 252 g/mol. The minimum Gasteiger partial charge on any atom is -0.459 e. The van der Waals surface area contributed by atoms with Crippen LogP contribution < -0.4 is 11.1 Å². The number of nitrogens with one attached hydrogen (secondary N) is 1. The molecule has 1 aromatic carbocycles. The molecule has 2 atom stereocenters. The lowest BCUT2D eigenvalue weighted by Crippen LogP contribution is -2.41. The Balaban J connectivity index is 2.41. The van der Waals surface area contributed by atoms with Gasteiger partial charge in [0.2, 0.25) is 5.91 Å². The number of hydrogen-bond donors (Lipinski definition) is 2. The van der Waals surface area contributed by atoms with Gasteiger partial charge in [0.15, 0.2) is 0 Å². The van der Waals surface area contributed by atoms with Gasteiger partial charge in [-0.25, -0.2) is 0 Å². The predicted octanol–water partition coefficient (Wildman–Crippen LogP) is 2.90. The van der Waals surface area contributed by atoms with E-state index in [1.807, 2.05) is 31.2 Å². The highest BCUT2D eigenvalue weighted by Crippen LogP contribution is 2.32. The summed E-state index contributed by atoms with van der Waals surface area (Å²) in [6, 6.07) is 7.21. The molecule has 0 saturated heterocycles. The zero-order chi connectivity index (χ0) is 14.9. The van der Waals surface area contributed by atoms with Crippen LogP contribution in [0.1, 0.15) is 38.1 Å². The van der Waals surface area contributed by atoms with Crippen molar-refractivity contribution in [3.8, 4) is 0 Å². The van der Waals surface area contributed by atoms with Crippen LogP contribution in [0.25, 0.3) is 11.0 Å². The van der Waals surface area contributed by atoms with Gasteiger partial charge in [-0.3, -0.25) is 4.79 Å². The summed E-state index contributed by atoms with van der Waals surface area (Å²) in [5.41, 5.74) is 7.55. The molecule has 0 aliphatic heterocycles. The number of aryl methyl sites for hydroxylation is 1. The maximum absolute atomic E-state index is 11.9. The Morgan fingerprint density at radius 1 is 1.25 bits per heavy atom. The Labute approximate surface area is 119 Å². The molecule has 1 aromatic heterocycles. The quantitative estimate of drug-likeness (QED) is 0.900. The maximum atomic E-state index is 11.9. The van der Waals surface area contributed by atoms with Gasteiger partial charge in [-0.1, -0.05) is 32.0 Å². The summed E-state index contributed by atoms with van der Waals surface area (Å²) in [6.07, 6.45) is 0. The van der Waals surface area contributed by atoms with E-state index in [9.17, 15) is 4.79 Å². The van der Waals surface area contributed by atoms with Gasteiger partial charge in [0.1, 0.15) is 11.3 Å². The van der Waals surface area contributed by atoms with Crippen LogP contribution in [0.3, 0.4) is 0 Å². The third-order valence-corrected chi connectivity index (χ3v) is 3.54. The fourth-order valence-electron chi connectivity index (χ4n) is 2.31. The Morgan fingerprint density at radius 2 is 1.90 bits per heavy atom. The normalized spacial score (nSPS) is 14.5. The van der Waals surface area contributed by atoms with Crippen LogP contribution in [0, 0.1) is 12.8 Å². The first kappa shape index (κ1) is 14.6. The molecule has 0 saturated carbocycles. The number of hydrogen-bond acceptors (Lipinski definition) is 3. The topological polar surface area (TPSA) is 68.3 Å². The SMILES string of the molecule is Cc1c(C(NC(=O)[C@H](C)N)C(C)C)oc2ccccc12. The minimum atomic E-state index is -0.527. The average molecular weight is 274 g/mol. The van der Waals surface area contributed by atoms with E-state index in [2.05, 4.69) is 19.2 Å². The van der Waals surface area contributed by atoms with Crippen LogP contribution in [-0.4, -0.2) is 11.9 Å². The summed E-state index contributed by atoms with van der Waals surface area (Å²) in [5.74, 6) is 0.871. The maximum Gasteiger partial charge on any atom is 0.237 e. The fourth-order valence-corrected chi connectivity index (χ4v) is 2.31. The second-order valence-corrected chi connectivity index (χ2v) is 5.61. The second kappa shape index (κ2) is 5.67. The van der Waals surface area contributed by atoms with Crippen LogP contribution in [0.2, 0.25) is 0 Å². The molecule has 3 N–H and O–H groups in total. The van der Waals surface area contributed by atoms with Crippen molar-refractivity contribution in [3.05, 3.63) is 35.6 Å². The fraction of sp³-hybridized carbons (Fsp3) is 0.438. The van der Waals surface area contributed by atoms with Crippen molar-refractivity contribution < 1.29 is 9.21 Å². The Morgan fingerprint density at radius 3 is 2.45 bits per heavy atom. The van der Waals surface area contributed by atoms with E-state index < -0.39 is 6.04 Å². The number of para-hydroxylation sites is 1. The average Bonchev–Trinajstić information content (AvgIpc) is 2.73. The summed E-state index contributed by atoms with van der Waals surface area (Å²) >= 11 is 0. The number of amides is 1. The van der Waals surface area contributed by atoms with Crippen LogP contribution in [0.4, 0.5) is 0 Å². The summed E-state index contributed by atoms with van der Waals surface area (Å²) < 4.78 is 5.95. The van der Waals surface area contributed by atoms with E-state index >= 15 is 0 Å². The van der Waals surface area contributed by atoms with Gasteiger partial charge < -0.3 is 15.5 Å². The molecule has 0 bridgehead atoms. The number of benzene rings is 1. The Hall–Kier alpha value is -1.81. The van der Waals surface area contributed by atoms with Crippen molar-refractivity contribution in [1.82, 2.24) is 5.32 Å². The number of furan rings is 1. The lowest BCUT2D eigenvalue weighted by molar-refractivity contribution is -0.123. The second-order valence-electron chi connectivity index (χ2n) is 5.61. The summed E-state index contributed by atoms with van der Waals surface area (Å²) in [7, 11) is 0. The van der Waals surface area contributed by atoms with Gasteiger partial charge in [0.25, 0.3) is 0 Å². The van der Waals surface area contributed by atoms with Crippen molar-refractivity contribution in [2.45, 2.75) is 39.8 Å². The Bertz CT molecular complexity index is 614. The van der Waals surface area contributed by atoms with Crippen molar-refractivity contribution in [2.75, 3.05) is 0 Å². The molecule has 1 unspecified atom stereocenters. The zero-order valence-electron chi connectivity index (χ0n) is 12.4. The minimum absolute atomic E-state index is 0.163. The highest BCUT2D eigenvalue weighted by atomic mass is 16.3. The smallest absolute Gasteiger partial charge is 0.237 e. The lowest BCUT2D eigenvalue weighted by atomic mass is 9.98. The number of rotatable bonds is 4. The van der Waals surface area contributed by atoms with Crippen LogP contribution in [0.5, 0.6) is 0 Å². The molecule has 0 spiro atoms. The van der Waals surface area contributed by atoms with Gasteiger partial charge in [-0.05, 0) is 25.8 Å². The largest absolute Gasteiger partial charge is 0.459 e. The number of fused-ring (bicyclic) bond motifs is 1. The monoisotopic (exact) mass is 274 g/mol. The molecule has 4 nitrogen and oxygen atoms in total. The summed E-state index contributed by atoms with van der Waals surface area (Å²) in [5, 5.41) is 4.06. The summed E-state index contributed by atoms with van der Waals surface area (Å²) in [4.78, 5) is 11.9. The van der Waals surface area contributed by atoms with Crippen molar-refractivity contribution in [3.63, 3.8) is 0 Å². The zero-order valence-corrected chi connectivity index (χ0v) is 12.4. The van der Waals surface area contributed by atoms with E-state index in [0.29, 0.717) is 0 Å². The first-order valence-corrected chi connectivity index (χ1v) is 6.95. The molecule has 1 amide bonds. The van der Waals surface area contributed by atoms with Gasteiger partial charge in [0.05, 0.1) is 12.1 Å². The standard InChI is InChI=1S/C16H22N2O2/c1-9(2)14(18-16(19)11(4)17)15-10(3)12-7-5-6-8-13(12)20-15/h5-9,11,14H,17H2,1-4H3,(H,18,19)/t11-,14?/m0/s1. The van der Waals surface area contributed by atoms with Crippen LogP contribution in [-0.2, 0) is 4.79 Å². The van der Waals surface area contributed by atoms with Crippen molar-refractivity contribution in [2.24, 2.45) is 11.7 Å². The molecule has 0 aliphatic rings. The lowest BCUT2D eigenvalue weighted by Gasteiger charge is -2.22. The molecule has 108 valence electrons. The van der Waals surface area contributed by atoms with Gasteiger partial charge in [0, 0.05) is 10.9 Å². The van der Waals surface area contributed by atoms with Crippen LogP contribution in [0.15, 0.2) is 28.7 Å². The first-order valence-electron chi connectivity index (χ1n) is 6.95.